The van der Waals surface area contributed by atoms with Gasteiger partial charge in [-0.1, -0.05) is 36.4 Å². The van der Waals surface area contributed by atoms with Crippen molar-refractivity contribution in [1.29, 1.82) is 0 Å². The molecule has 1 nitrogen and oxygen atoms in total. The predicted octanol–water partition coefficient (Wildman–Crippen LogP) is 3.47. The first-order valence-corrected chi connectivity index (χ1v) is 5.32. The summed E-state index contributed by atoms with van der Waals surface area (Å²) in [4.78, 5) is 0. The molecule has 0 heterocycles. The Kier molecular flexibility index (Phi) is 3.25. The Morgan fingerprint density at radius 2 is 1.81 bits per heavy atom. The van der Waals surface area contributed by atoms with Crippen LogP contribution >= 0.6 is 0 Å². The summed E-state index contributed by atoms with van der Waals surface area (Å²) in [5, 5.41) is 0. The van der Waals surface area contributed by atoms with Gasteiger partial charge in [-0.2, -0.15) is 0 Å². The molecule has 0 aliphatic rings. The quantitative estimate of drug-likeness (QED) is 0.755. The molecule has 0 saturated carbocycles. The summed E-state index contributed by atoms with van der Waals surface area (Å²) < 4.78 is 5.22. The molecule has 0 N–H and O–H groups in total. The van der Waals surface area contributed by atoms with Crippen LogP contribution in [0.15, 0.2) is 48.5 Å². The zero-order valence-electron chi connectivity index (χ0n) is 9.44. The predicted molar refractivity (Wildman–Crippen MR) is 66.7 cm³/mol. The second-order valence-corrected chi connectivity index (χ2v) is 3.80. The van der Waals surface area contributed by atoms with Crippen molar-refractivity contribution in [2.45, 2.75) is 6.42 Å². The van der Waals surface area contributed by atoms with E-state index in [1.807, 2.05) is 18.2 Å². The summed E-state index contributed by atoms with van der Waals surface area (Å²) in [7, 11) is 1.68. The molecule has 0 aromatic heterocycles. The average Bonchev–Trinajstić information content (AvgIpc) is 2.33. The first kappa shape index (κ1) is 10.7. The second-order valence-electron chi connectivity index (χ2n) is 3.80. The van der Waals surface area contributed by atoms with E-state index < -0.39 is 0 Å². The van der Waals surface area contributed by atoms with Crippen molar-refractivity contribution in [3.05, 3.63) is 72.1 Å². The van der Waals surface area contributed by atoms with Crippen LogP contribution < -0.4 is 4.74 Å². The molecule has 1 radical (unpaired) electrons. The Hall–Kier alpha value is -1.76. The smallest absolute Gasteiger partial charge is 0.119 e. The Bertz CT molecular complexity index is 460. The summed E-state index contributed by atoms with van der Waals surface area (Å²) >= 11 is 0. The lowest BCUT2D eigenvalue weighted by atomic mass is 10.0. The van der Waals surface area contributed by atoms with Gasteiger partial charge < -0.3 is 4.74 Å². The van der Waals surface area contributed by atoms with Crippen LogP contribution in [0.5, 0.6) is 5.75 Å². The molecule has 0 unspecified atom stereocenters. The van der Waals surface area contributed by atoms with E-state index in [1.165, 1.54) is 11.1 Å². The zero-order valence-corrected chi connectivity index (χ0v) is 9.44. The molecular weight excluding hydrogens is 196 g/mol. The van der Waals surface area contributed by atoms with Crippen LogP contribution in [0.4, 0.5) is 0 Å². The van der Waals surface area contributed by atoms with Gasteiger partial charge >= 0.3 is 0 Å². The van der Waals surface area contributed by atoms with Crippen LogP contribution in [-0.2, 0) is 6.42 Å². The van der Waals surface area contributed by atoms with E-state index in [0.717, 1.165) is 17.7 Å². The van der Waals surface area contributed by atoms with Gasteiger partial charge in [0.05, 0.1) is 7.11 Å². The monoisotopic (exact) mass is 211 g/mol. The molecule has 0 bridgehead atoms. The highest BCUT2D eigenvalue weighted by atomic mass is 16.5. The molecule has 2 aromatic rings. The molecular formula is C15H15O. The topological polar surface area (TPSA) is 9.23 Å². The van der Waals surface area contributed by atoms with Crippen molar-refractivity contribution in [3.63, 3.8) is 0 Å². The first-order chi connectivity index (χ1) is 7.79. The highest BCUT2D eigenvalue weighted by molar-refractivity contribution is 5.40. The fourth-order valence-electron chi connectivity index (χ4n) is 1.71. The minimum Gasteiger partial charge on any atom is -0.497 e. The molecule has 0 atom stereocenters. The van der Waals surface area contributed by atoms with Crippen molar-refractivity contribution >= 4 is 0 Å². The molecule has 2 aromatic carbocycles. The van der Waals surface area contributed by atoms with Crippen molar-refractivity contribution in [1.82, 2.24) is 0 Å². The lowest BCUT2D eigenvalue weighted by Crippen LogP contribution is -1.93. The number of benzene rings is 2. The maximum absolute atomic E-state index is 5.22. The van der Waals surface area contributed by atoms with Crippen LogP contribution in [0.2, 0.25) is 0 Å². The molecule has 0 spiro atoms. The molecule has 0 saturated heterocycles. The number of hydrogen-bond acceptors (Lipinski definition) is 1. The summed E-state index contributed by atoms with van der Waals surface area (Å²) in [6, 6.07) is 16.4. The third-order valence-corrected chi connectivity index (χ3v) is 2.65. The molecule has 0 aliphatic heterocycles. The third-order valence-electron chi connectivity index (χ3n) is 2.65. The summed E-state index contributed by atoms with van der Waals surface area (Å²) in [5.74, 6) is 0.887. The van der Waals surface area contributed by atoms with E-state index in [2.05, 4.69) is 37.3 Å². The van der Waals surface area contributed by atoms with Crippen LogP contribution in [0, 0.1) is 6.92 Å². The lowest BCUT2D eigenvalue weighted by molar-refractivity contribution is 0.414. The summed E-state index contributed by atoms with van der Waals surface area (Å²) in [6.07, 6.45) is 0.900. The average molecular weight is 211 g/mol. The normalized spacial score (nSPS) is 10.1. The Morgan fingerprint density at radius 1 is 1.06 bits per heavy atom. The molecule has 81 valence electrons. The largest absolute Gasteiger partial charge is 0.497 e. The molecule has 1 heteroatoms. The SMILES string of the molecule is [CH2]c1ccc(OC)cc1Cc1ccccc1. The third kappa shape index (κ3) is 2.43. The van der Waals surface area contributed by atoms with E-state index in [1.54, 1.807) is 7.11 Å². The molecule has 0 amide bonds. The van der Waals surface area contributed by atoms with E-state index >= 15 is 0 Å². The van der Waals surface area contributed by atoms with Crippen LogP contribution in [-0.4, -0.2) is 7.11 Å². The Labute approximate surface area is 96.7 Å². The molecule has 0 fully saturated rings. The maximum atomic E-state index is 5.22. The van der Waals surface area contributed by atoms with Gasteiger partial charge in [0, 0.05) is 0 Å². The minimum absolute atomic E-state index is 0.887. The van der Waals surface area contributed by atoms with E-state index in [4.69, 9.17) is 4.74 Å². The molecule has 16 heavy (non-hydrogen) atoms. The second kappa shape index (κ2) is 4.84. The van der Waals surface area contributed by atoms with E-state index in [0.29, 0.717) is 0 Å². The van der Waals surface area contributed by atoms with Gasteiger partial charge in [-0.25, -0.2) is 0 Å². The van der Waals surface area contributed by atoms with Gasteiger partial charge in [0.15, 0.2) is 0 Å². The fourth-order valence-corrected chi connectivity index (χ4v) is 1.71. The minimum atomic E-state index is 0.887. The highest BCUT2D eigenvalue weighted by Crippen LogP contribution is 2.19. The van der Waals surface area contributed by atoms with Crippen molar-refractivity contribution in [2.75, 3.05) is 7.11 Å². The standard InChI is InChI=1S/C15H15O/c1-12-8-9-15(16-2)11-14(12)10-13-6-4-3-5-7-13/h3-9,11H,1,10H2,2H3. The van der Waals surface area contributed by atoms with Crippen molar-refractivity contribution in [3.8, 4) is 5.75 Å². The van der Waals surface area contributed by atoms with Gasteiger partial charge in [-0.05, 0) is 42.2 Å². The van der Waals surface area contributed by atoms with Crippen molar-refractivity contribution in [2.24, 2.45) is 0 Å². The van der Waals surface area contributed by atoms with Crippen LogP contribution in [0.3, 0.4) is 0 Å². The molecule has 0 aliphatic carbocycles. The number of ether oxygens (including phenoxy) is 1. The highest BCUT2D eigenvalue weighted by Gasteiger charge is 2.02. The number of methoxy groups -OCH3 is 1. The van der Waals surface area contributed by atoms with Gasteiger partial charge in [0.2, 0.25) is 0 Å². The van der Waals surface area contributed by atoms with Gasteiger partial charge in [0.1, 0.15) is 5.75 Å². The fraction of sp³-hybridized carbons (Fsp3) is 0.133. The summed E-state index contributed by atoms with van der Waals surface area (Å²) in [5.41, 5.74) is 3.57. The van der Waals surface area contributed by atoms with Crippen molar-refractivity contribution < 1.29 is 4.74 Å². The van der Waals surface area contributed by atoms with Crippen LogP contribution in [0.25, 0.3) is 0 Å². The zero-order chi connectivity index (χ0) is 11.4. The van der Waals surface area contributed by atoms with Gasteiger partial charge in [-0.15, -0.1) is 0 Å². The number of rotatable bonds is 3. The van der Waals surface area contributed by atoms with Gasteiger partial charge in [-0.3, -0.25) is 0 Å². The number of hydrogen-bond donors (Lipinski definition) is 0. The van der Waals surface area contributed by atoms with Crippen LogP contribution in [0.1, 0.15) is 16.7 Å². The first-order valence-electron chi connectivity index (χ1n) is 5.32. The maximum Gasteiger partial charge on any atom is 0.119 e. The summed E-state index contributed by atoms with van der Waals surface area (Å²) in [6.45, 7) is 4.04. The Morgan fingerprint density at radius 3 is 2.50 bits per heavy atom. The molecule has 2 rings (SSSR count). The lowest BCUT2D eigenvalue weighted by Gasteiger charge is -2.08. The van der Waals surface area contributed by atoms with E-state index in [9.17, 15) is 0 Å². The van der Waals surface area contributed by atoms with Gasteiger partial charge in [0.25, 0.3) is 0 Å². The van der Waals surface area contributed by atoms with E-state index in [-0.39, 0.29) is 0 Å². The Balaban J connectivity index is 2.27.